The summed E-state index contributed by atoms with van der Waals surface area (Å²) < 4.78 is 0. The summed E-state index contributed by atoms with van der Waals surface area (Å²) in [5.41, 5.74) is 5.85. The van der Waals surface area contributed by atoms with Crippen LogP contribution in [0, 0.1) is 0 Å². The van der Waals surface area contributed by atoms with Gasteiger partial charge in [-0.2, -0.15) is 0 Å². The van der Waals surface area contributed by atoms with Gasteiger partial charge in [0.2, 0.25) is 5.95 Å². The number of nitrogens with zero attached hydrogens (tertiary/aromatic N) is 5. The number of anilines is 1. The lowest BCUT2D eigenvalue weighted by molar-refractivity contribution is 0.402. The Morgan fingerprint density at radius 2 is 1.80 bits per heavy atom. The topological polar surface area (TPSA) is 45.2 Å². The van der Waals surface area contributed by atoms with Crippen molar-refractivity contribution in [1.29, 1.82) is 0 Å². The molecule has 0 N–H and O–H groups in total. The molecule has 4 rings (SSSR count). The molecule has 0 spiro atoms. The molecule has 0 saturated heterocycles. The molecule has 0 atom stereocenters. The zero-order chi connectivity index (χ0) is 17.2. The summed E-state index contributed by atoms with van der Waals surface area (Å²) in [5, 5.41) is 0. The molecule has 0 radical (unpaired) electrons. The highest BCUT2D eigenvalue weighted by Crippen LogP contribution is 2.25. The van der Waals surface area contributed by atoms with Crippen LogP contribution in [0.3, 0.4) is 0 Å². The summed E-state index contributed by atoms with van der Waals surface area (Å²) in [7, 11) is 4.15. The van der Waals surface area contributed by atoms with E-state index in [-0.39, 0.29) is 0 Å². The summed E-state index contributed by atoms with van der Waals surface area (Å²) in [6.45, 7) is 2.51. The number of rotatable bonds is 4. The molecule has 0 aliphatic carbocycles. The molecule has 3 heterocycles. The van der Waals surface area contributed by atoms with Crippen LogP contribution in [-0.4, -0.2) is 33.9 Å². The average molecular weight is 331 g/mol. The fourth-order valence-corrected chi connectivity index (χ4v) is 3.19. The van der Waals surface area contributed by atoms with E-state index in [4.69, 9.17) is 0 Å². The van der Waals surface area contributed by atoms with E-state index in [1.54, 1.807) is 0 Å². The maximum absolute atomic E-state index is 4.59. The predicted octanol–water partition coefficient (Wildman–Crippen LogP) is 3.12. The van der Waals surface area contributed by atoms with Gasteiger partial charge in [0.25, 0.3) is 0 Å². The number of fused-ring (bicyclic) bond motifs is 1. The van der Waals surface area contributed by atoms with E-state index in [2.05, 4.69) is 69.2 Å². The van der Waals surface area contributed by atoms with Crippen LogP contribution in [0.4, 0.5) is 5.95 Å². The fourth-order valence-electron chi connectivity index (χ4n) is 3.19. The van der Waals surface area contributed by atoms with E-state index in [1.165, 1.54) is 11.1 Å². The lowest BCUT2D eigenvalue weighted by Crippen LogP contribution is -2.17. The molecule has 0 saturated carbocycles. The minimum atomic E-state index is 0.756. The Kier molecular flexibility index (Phi) is 4.15. The van der Waals surface area contributed by atoms with E-state index >= 15 is 0 Å². The number of aromatic nitrogens is 3. The maximum Gasteiger partial charge on any atom is 0.225 e. The zero-order valence-electron chi connectivity index (χ0n) is 14.6. The summed E-state index contributed by atoms with van der Waals surface area (Å²) in [6, 6.07) is 12.6. The smallest absolute Gasteiger partial charge is 0.225 e. The highest BCUT2D eigenvalue weighted by molar-refractivity contribution is 5.63. The van der Waals surface area contributed by atoms with Gasteiger partial charge in [0.05, 0.1) is 12.2 Å². The van der Waals surface area contributed by atoms with Crippen LogP contribution in [0.1, 0.15) is 16.8 Å². The summed E-state index contributed by atoms with van der Waals surface area (Å²) >= 11 is 0. The van der Waals surface area contributed by atoms with Crippen molar-refractivity contribution in [2.45, 2.75) is 19.6 Å². The molecule has 2 aromatic heterocycles. The Bertz CT molecular complexity index is 848. The third kappa shape index (κ3) is 3.37. The first-order chi connectivity index (χ1) is 12.2. The minimum Gasteiger partial charge on any atom is -0.331 e. The second-order valence-corrected chi connectivity index (χ2v) is 6.68. The van der Waals surface area contributed by atoms with Crippen LogP contribution in [0.2, 0.25) is 0 Å². The van der Waals surface area contributed by atoms with Gasteiger partial charge in [-0.15, -0.1) is 0 Å². The normalized spacial score (nSPS) is 13.3. The number of hydrogen-bond donors (Lipinski definition) is 0. The molecule has 126 valence electrons. The van der Waals surface area contributed by atoms with Crippen LogP contribution in [0.25, 0.3) is 11.1 Å². The van der Waals surface area contributed by atoms with E-state index in [9.17, 15) is 0 Å². The lowest BCUT2D eigenvalue weighted by atomic mass is 10.1. The van der Waals surface area contributed by atoms with Gasteiger partial charge in [-0.1, -0.05) is 24.3 Å². The first kappa shape index (κ1) is 15.7. The van der Waals surface area contributed by atoms with Crippen molar-refractivity contribution in [1.82, 2.24) is 19.9 Å². The highest BCUT2D eigenvalue weighted by atomic mass is 15.3. The standard InChI is InChI=1S/C20H21N5/c1-24(2)12-15-5-3-6-16(9-15)18-10-22-20(23-11-18)25-13-17-7-4-8-21-19(17)14-25/h3-11H,12-14H2,1-2H3. The average Bonchev–Trinajstić information content (AvgIpc) is 3.06. The molecule has 0 amide bonds. The van der Waals surface area contributed by atoms with E-state index in [0.29, 0.717) is 0 Å². The van der Waals surface area contributed by atoms with Crippen LogP contribution >= 0.6 is 0 Å². The van der Waals surface area contributed by atoms with Gasteiger partial charge in [-0.25, -0.2) is 9.97 Å². The zero-order valence-corrected chi connectivity index (χ0v) is 14.6. The van der Waals surface area contributed by atoms with Crippen molar-refractivity contribution in [3.05, 3.63) is 71.8 Å². The third-order valence-corrected chi connectivity index (χ3v) is 4.37. The fraction of sp³-hybridized carbons (Fsp3) is 0.250. The molecular weight excluding hydrogens is 310 g/mol. The van der Waals surface area contributed by atoms with Gasteiger partial charge >= 0.3 is 0 Å². The third-order valence-electron chi connectivity index (χ3n) is 4.37. The number of hydrogen-bond acceptors (Lipinski definition) is 5. The van der Waals surface area contributed by atoms with E-state index in [1.807, 2.05) is 24.7 Å². The molecule has 1 aliphatic rings. The predicted molar refractivity (Wildman–Crippen MR) is 99.0 cm³/mol. The first-order valence-electron chi connectivity index (χ1n) is 8.43. The second kappa shape index (κ2) is 6.61. The van der Waals surface area contributed by atoms with Crippen LogP contribution < -0.4 is 4.90 Å². The maximum atomic E-state index is 4.59. The van der Waals surface area contributed by atoms with Crippen molar-refractivity contribution < 1.29 is 0 Å². The Morgan fingerprint density at radius 1 is 0.960 bits per heavy atom. The Labute approximate surface area is 148 Å². The first-order valence-corrected chi connectivity index (χ1v) is 8.43. The molecule has 0 fully saturated rings. The Morgan fingerprint density at radius 3 is 2.56 bits per heavy atom. The van der Waals surface area contributed by atoms with E-state index < -0.39 is 0 Å². The van der Waals surface area contributed by atoms with E-state index in [0.717, 1.165) is 42.4 Å². The monoisotopic (exact) mass is 331 g/mol. The molecule has 5 nitrogen and oxygen atoms in total. The van der Waals surface area contributed by atoms with Gasteiger partial charge in [0, 0.05) is 37.2 Å². The molecule has 25 heavy (non-hydrogen) atoms. The number of pyridine rings is 1. The minimum absolute atomic E-state index is 0.756. The molecule has 0 unspecified atom stereocenters. The largest absolute Gasteiger partial charge is 0.331 e. The lowest BCUT2D eigenvalue weighted by Gasteiger charge is -2.15. The van der Waals surface area contributed by atoms with Crippen molar-refractivity contribution >= 4 is 5.95 Å². The second-order valence-electron chi connectivity index (χ2n) is 6.68. The summed E-state index contributed by atoms with van der Waals surface area (Å²) in [5.74, 6) is 0.756. The van der Waals surface area contributed by atoms with Crippen LogP contribution in [0.15, 0.2) is 55.0 Å². The van der Waals surface area contributed by atoms with Gasteiger partial charge in [0.1, 0.15) is 0 Å². The summed E-state index contributed by atoms with van der Waals surface area (Å²) in [6.07, 6.45) is 5.66. The molecule has 1 aromatic carbocycles. The van der Waals surface area contributed by atoms with Gasteiger partial charge in [0.15, 0.2) is 0 Å². The number of benzene rings is 1. The van der Waals surface area contributed by atoms with Gasteiger partial charge in [-0.3, -0.25) is 4.98 Å². The molecule has 1 aliphatic heterocycles. The van der Waals surface area contributed by atoms with Crippen LogP contribution in [0.5, 0.6) is 0 Å². The van der Waals surface area contributed by atoms with Crippen LogP contribution in [-0.2, 0) is 19.6 Å². The van der Waals surface area contributed by atoms with Gasteiger partial charge < -0.3 is 9.80 Å². The molecule has 0 bridgehead atoms. The Balaban J connectivity index is 1.53. The molecular formula is C20H21N5. The SMILES string of the molecule is CN(C)Cc1cccc(-c2cnc(N3Cc4cccnc4C3)nc2)c1. The van der Waals surface area contributed by atoms with Crippen molar-refractivity contribution in [2.75, 3.05) is 19.0 Å². The Hall–Kier alpha value is -2.79. The molecule has 3 aromatic rings. The van der Waals surface area contributed by atoms with Crippen molar-refractivity contribution in [3.8, 4) is 11.1 Å². The van der Waals surface area contributed by atoms with Crippen molar-refractivity contribution in [2.24, 2.45) is 0 Å². The molecule has 5 heteroatoms. The van der Waals surface area contributed by atoms with Gasteiger partial charge in [-0.05, 0) is 42.9 Å². The summed E-state index contributed by atoms with van der Waals surface area (Å²) in [4.78, 5) is 17.9. The van der Waals surface area contributed by atoms with Crippen molar-refractivity contribution in [3.63, 3.8) is 0 Å². The highest BCUT2D eigenvalue weighted by Gasteiger charge is 2.21. The quantitative estimate of drug-likeness (QED) is 0.735.